The molecule has 3 nitrogen and oxygen atoms in total. The van der Waals surface area contributed by atoms with Gasteiger partial charge in [0.2, 0.25) is 0 Å². The zero-order valence-corrected chi connectivity index (χ0v) is 8.47. The Hall–Kier alpha value is -0.100. The van der Waals surface area contributed by atoms with Gasteiger partial charge in [-0.3, -0.25) is 3.53 Å². The van der Waals surface area contributed by atoms with Crippen molar-refractivity contribution in [3.63, 3.8) is 0 Å². The van der Waals surface area contributed by atoms with Gasteiger partial charge in [-0.05, 0) is 19.3 Å². The van der Waals surface area contributed by atoms with Crippen LogP contribution in [0.2, 0.25) is 0 Å². The van der Waals surface area contributed by atoms with E-state index in [1.807, 2.05) is 6.20 Å². The molecule has 1 rings (SSSR count). The molecule has 11 heavy (non-hydrogen) atoms. The van der Waals surface area contributed by atoms with E-state index in [0.717, 1.165) is 13.0 Å². The maximum Gasteiger partial charge on any atom is 0.0921 e. The fraction of sp³-hybridized carbons (Fsp3) is 0.571. The van der Waals surface area contributed by atoms with Gasteiger partial charge in [0, 0.05) is 41.3 Å². The number of nitrogens with zero attached hydrogens (tertiary/aromatic N) is 1. The van der Waals surface area contributed by atoms with Crippen molar-refractivity contribution in [1.82, 2.24) is 13.5 Å². The number of halogens is 1. The first-order valence-corrected chi connectivity index (χ1v) is 4.82. The summed E-state index contributed by atoms with van der Waals surface area (Å²) < 4.78 is 3.09. The van der Waals surface area contributed by atoms with Gasteiger partial charge in [0.15, 0.2) is 0 Å². The number of hydrogen-bond donors (Lipinski definition) is 2. The second kappa shape index (κ2) is 5.54. The standard InChI is InChI=1S/C7H12IN3/c8-11-4-2-1-3-7-5-9-6-10-7/h5-6,11H,1-4H2,(H,9,10). The molecule has 0 aliphatic heterocycles. The summed E-state index contributed by atoms with van der Waals surface area (Å²) in [7, 11) is 0. The van der Waals surface area contributed by atoms with E-state index in [9.17, 15) is 0 Å². The maximum absolute atomic E-state index is 3.95. The molecule has 1 heterocycles. The molecule has 0 saturated heterocycles. The highest BCUT2D eigenvalue weighted by molar-refractivity contribution is 14.1. The number of aryl methyl sites for hydroxylation is 1. The summed E-state index contributed by atoms with van der Waals surface area (Å²) >= 11 is 2.17. The minimum atomic E-state index is 1.09. The minimum Gasteiger partial charge on any atom is -0.348 e. The lowest BCUT2D eigenvalue weighted by atomic mass is 10.2. The third kappa shape index (κ3) is 3.71. The number of H-pyrrole nitrogens is 1. The van der Waals surface area contributed by atoms with Crippen molar-refractivity contribution < 1.29 is 0 Å². The molecule has 0 aromatic carbocycles. The van der Waals surface area contributed by atoms with Gasteiger partial charge in [0.25, 0.3) is 0 Å². The van der Waals surface area contributed by atoms with E-state index in [4.69, 9.17) is 0 Å². The largest absolute Gasteiger partial charge is 0.348 e. The third-order valence-corrected chi connectivity index (χ3v) is 2.06. The van der Waals surface area contributed by atoms with Crippen LogP contribution in [0.3, 0.4) is 0 Å². The van der Waals surface area contributed by atoms with Gasteiger partial charge in [-0.15, -0.1) is 0 Å². The SMILES string of the molecule is INCCCCc1cnc[nH]1. The quantitative estimate of drug-likeness (QED) is 0.483. The van der Waals surface area contributed by atoms with Crippen LogP contribution in [0.1, 0.15) is 18.5 Å². The van der Waals surface area contributed by atoms with Gasteiger partial charge in [0.1, 0.15) is 0 Å². The molecule has 0 spiro atoms. The van der Waals surface area contributed by atoms with E-state index >= 15 is 0 Å². The second-order valence-corrected chi connectivity index (χ2v) is 3.18. The van der Waals surface area contributed by atoms with Gasteiger partial charge in [-0.25, -0.2) is 4.98 Å². The van der Waals surface area contributed by atoms with Crippen LogP contribution in [-0.2, 0) is 6.42 Å². The van der Waals surface area contributed by atoms with E-state index in [0.29, 0.717) is 0 Å². The Balaban J connectivity index is 2.04. The predicted octanol–water partition coefficient (Wildman–Crippen LogP) is 1.67. The first-order valence-electron chi connectivity index (χ1n) is 3.74. The van der Waals surface area contributed by atoms with E-state index in [-0.39, 0.29) is 0 Å². The summed E-state index contributed by atoms with van der Waals surface area (Å²) in [4.78, 5) is 7.03. The van der Waals surface area contributed by atoms with Crippen LogP contribution in [0, 0.1) is 0 Å². The Kier molecular flexibility index (Phi) is 4.53. The number of aromatic amines is 1. The second-order valence-electron chi connectivity index (χ2n) is 2.42. The zero-order chi connectivity index (χ0) is 7.94. The highest BCUT2D eigenvalue weighted by Crippen LogP contribution is 1.99. The average Bonchev–Trinajstić information content (AvgIpc) is 2.50. The molecular formula is C7H12IN3. The van der Waals surface area contributed by atoms with Gasteiger partial charge in [0.05, 0.1) is 6.33 Å². The van der Waals surface area contributed by atoms with Crippen LogP contribution < -0.4 is 3.53 Å². The summed E-state index contributed by atoms with van der Waals surface area (Å²) in [6, 6.07) is 0. The highest BCUT2D eigenvalue weighted by Gasteiger charge is 1.92. The molecule has 62 valence electrons. The van der Waals surface area contributed by atoms with Crippen molar-refractivity contribution >= 4 is 22.9 Å². The molecular weight excluding hydrogens is 253 g/mol. The van der Waals surface area contributed by atoms with E-state index in [1.165, 1.54) is 18.5 Å². The number of aromatic nitrogens is 2. The van der Waals surface area contributed by atoms with Crippen molar-refractivity contribution in [1.29, 1.82) is 0 Å². The van der Waals surface area contributed by atoms with Gasteiger partial charge < -0.3 is 4.98 Å². The molecule has 0 aliphatic rings. The molecule has 0 atom stereocenters. The monoisotopic (exact) mass is 265 g/mol. The van der Waals surface area contributed by atoms with Crippen LogP contribution in [0.25, 0.3) is 0 Å². The van der Waals surface area contributed by atoms with Crippen molar-refractivity contribution in [2.75, 3.05) is 6.54 Å². The number of nitrogens with one attached hydrogen (secondary N) is 2. The third-order valence-electron chi connectivity index (χ3n) is 1.52. The van der Waals surface area contributed by atoms with Crippen molar-refractivity contribution in [3.05, 3.63) is 18.2 Å². The number of unbranched alkanes of at least 4 members (excludes halogenated alkanes) is 1. The maximum atomic E-state index is 3.95. The van der Waals surface area contributed by atoms with Crippen LogP contribution >= 0.6 is 22.9 Å². The van der Waals surface area contributed by atoms with E-state index in [1.54, 1.807) is 6.33 Å². The van der Waals surface area contributed by atoms with E-state index < -0.39 is 0 Å². The molecule has 2 N–H and O–H groups in total. The van der Waals surface area contributed by atoms with Crippen molar-refractivity contribution in [2.24, 2.45) is 0 Å². The first-order chi connectivity index (χ1) is 5.43. The molecule has 0 radical (unpaired) electrons. The van der Waals surface area contributed by atoms with Crippen LogP contribution in [0.5, 0.6) is 0 Å². The van der Waals surface area contributed by atoms with Gasteiger partial charge >= 0.3 is 0 Å². The number of hydrogen-bond acceptors (Lipinski definition) is 2. The topological polar surface area (TPSA) is 40.7 Å². The zero-order valence-electron chi connectivity index (χ0n) is 6.31. The Labute approximate surface area is 80.5 Å². The molecule has 0 unspecified atom stereocenters. The fourth-order valence-corrected chi connectivity index (χ4v) is 1.31. The van der Waals surface area contributed by atoms with E-state index in [2.05, 4.69) is 36.4 Å². The molecule has 1 aromatic heterocycles. The normalized spacial score (nSPS) is 10.3. The molecule has 4 heteroatoms. The van der Waals surface area contributed by atoms with Gasteiger partial charge in [-0.1, -0.05) is 0 Å². The lowest BCUT2D eigenvalue weighted by Gasteiger charge is -1.96. The van der Waals surface area contributed by atoms with Crippen LogP contribution in [0.4, 0.5) is 0 Å². The smallest absolute Gasteiger partial charge is 0.0921 e. The molecule has 0 saturated carbocycles. The summed E-state index contributed by atoms with van der Waals surface area (Å²) in [6.45, 7) is 1.09. The molecule has 0 aliphatic carbocycles. The van der Waals surface area contributed by atoms with Crippen LogP contribution in [0.15, 0.2) is 12.5 Å². The van der Waals surface area contributed by atoms with Crippen molar-refractivity contribution in [2.45, 2.75) is 19.3 Å². The summed E-state index contributed by atoms with van der Waals surface area (Å²) in [5, 5.41) is 0. The number of imidazole rings is 1. The highest BCUT2D eigenvalue weighted by atomic mass is 127. The Bertz CT molecular complexity index is 174. The molecule has 0 fully saturated rings. The Morgan fingerprint density at radius 2 is 2.45 bits per heavy atom. The first kappa shape index (κ1) is 8.99. The summed E-state index contributed by atoms with van der Waals surface area (Å²) in [5.74, 6) is 0. The minimum absolute atomic E-state index is 1.09. The lowest BCUT2D eigenvalue weighted by molar-refractivity contribution is 0.724. The predicted molar refractivity (Wildman–Crippen MR) is 53.5 cm³/mol. The Morgan fingerprint density at radius 3 is 3.09 bits per heavy atom. The molecule has 1 aromatic rings. The fourth-order valence-electron chi connectivity index (χ4n) is 0.929. The Morgan fingerprint density at radius 1 is 1.55 bits per heavy atom. The van der Waals surface area contributed by atoms with Crippen molar-refractivity contribution in [3.8, 4) is 0 Å². The van der Waals surface area contributed by atoms with Gasteiger partial charge in [-0.2, -0.15) is 0 Å². The summed E-state index contributed by atoms with van der Waals surface area (Å²) in [5.41, 5.74) is 1.23. The average molecular weight is 265 g/mol. The lowest BCUT2D eigenvalue weighted by Crippen LogP contribution is -2.00. The summed E-state index contributed by atoms with van der Waals surface area (Å²) in [6.07, 6.45) is 7.17. The molecule has 0 amide bonds. The number of rotatable bonds is 5. The molecule has 0 bridgehead atoms. The van der Waals surface area contributed by atoms with Crippen LogP contribution in [-0.4, -0.2) is 16.5 Å².